The summed E-state index contributed by atoms with van der Waals surface area (Å²) in [7, 11) is 0. The van der Waals surface area contributed by atoms with E-state index in [0.29, 0.717) is 5.56 Å². The molecule has 0 aliphatic heterocycles. The molecule has 0 atom stereocenters. The molecule has 0 radical (unpaired) electrons. The van der Waals surface area contributed by atoms with Crippen LogP contribution in [0.25, 0.3) is 0 Å². The van der Waals surface area contributed by atoms with E-state index in [1.807, 2.05) is 0 Å². The smallest absolute Gasteiger partial charge is 0.345 e. The monoisotopic (exact) mass is 472 g/mol. The number of carbonyl (C=O) groups is 2. The molecule has 146 valence electrons. The third-order valence-corrected chi connectivity index (χ3v) is 4.61. The van der Waals surface area contributed by atoms with Crippen LogP contribution in [0.1, 0.15) is 26.3 Å². The lowest BCUT2D eigenvalue weighted by Gasteiger charge is -2.09. The molecule has 3 aromatic rings. The van der Waals surface area contributed by atoms with Crippen molar-refractivity contribution in [1.29, 1.82) is 0 Å². The maximum Gasteiger partial charge on any atom is 0.345 e. The second-order valence-electron chi connectivity index (χ2n) is 5.77. The second-order valence-corrected chi connectivity index (χ2v) is 7.09. The number of aromatic hydroxyl groups is 1. The van der Waals surface area contributed by atoms with Crippen LogP contribution in [0.3, 0.4) is 0 Å². The van der Waals surface area contributed by atoms with E-state index in [1.165, 1.54) is 18.3 Å². The first-order chi connectivity index (χ1) is 14.0. The number of phenolic OH excluding ortho intramolecular Hbond substituents is 1. The Kier molecular flexibility index (Phi) is 6.64. The SMILES string of the molecule is O=C(NN=Cc1cc(Br)ccc1OC(=O)c1ccccc1Cl)c1ccccc1O. The third kappa shape index (κ3) is 5.22. The van der Waals surface area contributed by atoms with Crippen molar-refractivity contribution >= 4 is 45.6 Å². The van der Waals surface area contributed by atoms with E-state index in [0.717, 1.165) is 4.47 Å². The standard InChI is InChI=1S/C21H14BrClN2O4/c22-14-9-10-19(29-21(28)15-5-1-3-7-17(15)23)13(11-14)12-24-25-20(27)16-6-2-4-8-18(16)26/h1-12,26H,(H,25,27). The van der Waals surface area contributed by atoms with Crippen LogP contribution in [-0.4, -0.2) is 23.2 Å². The van der Waals surface area contributed by atoms with Gasteiger partial charge < -0.3 is 9.84 Å². The van der Waals surface area contributed by atoms with Crippen molar-refractivity contribution in [3.63, 3.8) is 0 Å². The number of nitrogens with zero attached hydrogens (tertiary/aromatic N) is 1. The maximum atomic E-state index is 12.4. The molecule has 0 heterocycles. The zero-order valence-electron chi connectivity index (χ0n) is 14.8. The molecule has 0 spiro atoms. The Morgan fingerprint density at radius 2 is 1.72 bits per heavy atom. The topological polar surface area (TPSA) is 88.0 Å². The molecule has 29 heavy (non-hydrogen) atoms. The largest absolute Gasteiger partial charge is 0.507 e. The predicted molar refractivity (Wildman–Crippen MR) is 114 cm³/mol. The zero-order chi connectivity index (χ0) is 20.8. The van der Waals surface area contributed by atoms with Crippen molar-refractivity contribution in [2.75, 3.05) is 0 Å². The Morgan fingerprint density at radius 3 is 2.45 bits per heavy atom. The van der Waals surface area contributed by atoms with Crippen LogP contribution >= 0.6 is 27.5 Å². The number of halogens is 2. The number of amides is 1. The van der Waals surface area contributed by atoms with Crippen LogP contribution in [0.15, 0.2) is 76.3 Å². The van der Waals surface area contributed by atoms with E-state index in [-0.39, 0.29) is 27.6 Å². The minimum absolute atomic E-state index is 0.0873. The van der Waals surface area contributed by atoms with Crippen LogP contribution in [-0.2, 0) is 0 Å². The van der Waals surface area contributed by atoms with Crippen LogP contribution in [0.4, 0.5) is 0 Å². The Morgan fingerprint density at radius 1 is 1.03 bits per heavy atom. The summed E-state index contributed by atoms with van der Waals surface area (Å²) >= 11 is 9.38. The van der Waals surface area contributed by atoms with Crippen LogP contribution < -0.4 is 10.2 Å². The highest BCUT2D eigenvalue weighted by Gasteiger charge is 2.14. The van der Waals surface area contributed by atoms with Gasteiger partial charge in [-0.15, -0.1) is 0 Å². The molecular weight excluding hydrogens is 460 g/mol. The van der Waals surface area contributed by atoms with Crippen LogP contribution in [0.5, 0.6) is 11.5 Å². The minimum Gasteiger partial charge on any atom is -0.507 e. The summed E-state index contributed by atoms with van der Waals surface area (Å²) < 4.78 is 6.17. The number of benzene rings is 3. The van der Waals surface area contributed by atoms with Gasteiger partial charge >= 0.3 is 5.97 Å². The summed E-state index contributed by atoms with van der Waals surface area (Å²) in [6, 6.07) is 17.6. The molecule has 6 nitrogen and oxygen atoms in total. The van der Waals surface area contributed by atoms with Gasteiger partial charge in [0.05, 0.1) is 22.4 Å². The summed E-state index contributed by atoms with van der Waals surface area (Å²) in [5.41, 5.74) is 3.08. The number of carbonyl (C=O) groups excluding carboxylic acids is 2. The van der Waals surface area contributed by atoms with E-state index in [2.05, 4.69) is 26.5 Å². The molecule has 0 aliphatic carbocycles. The average molecular weight is 474 g/mol. The first-order valence-electron chi connectivity index (χ1n) is 8.33. The van der Waals surface area contributed by atoms with Gasteiger partial charge in [-0.05, 0) is 42.5 Å². The second kappa shape index (κ2) is 9.36. The molecule has 0 saturated carbocycles. The number of hydrogen-bond donors (Lipinski definition) is 2. The number of para-hydroxylation sites is 1. The van der Waals surface area contributed by atoms with Gasteiger partial charge in [0.1, 0.15) is 11.5 Å². The highest BCUT2D eigenvalue weighted by atomic mass is 79.9. The Labute approximate surface area is 179 Å². The number of hydrazone groups is 1. The van der Waals surface area contributed by atoms with Gasteiger partial charge in [0.2, 0.25) is 0 Å². The van der Waals surface area contributed by atoms with Gasteiger partial charge in [0.25, 0.3) is 5.91 Å². The normalized spacial score (nSPS) is 10.7. The number of hydrogen-bond acceptors (Lipinski definition) is 5. The molecule has 8 heteroatoms. The molecule has 1 amide bonds. The lowest BCUT2D eigenvalue weighted by Crippen LogP contribution is -2.17. The third-order valence-electron chi connectivity index (χ3n) is 3.79. The van der Waals surface area contributed by atoms with Gasteiger partial charge in [-0.25, -0.2) is 10.2 Å². The predicted octanol–water partition coefficient (Wildman–Crippen LogP) is 4.79. The van der Waals surface area contributed by atoms with Crippen molar-refractivity contribution in [3.05, 3.63) is 92.9 Å². The number of esters is 1. The molecule has 2 N–H and O–H groups in total. The fourth-order valence-electron chi connectivity index (χ4n) is 2.38. The molecular formula is C21H14BrClN2O4. The zero-order valence-corrected chi connectivity index (χ0v) is 17.1. The molecule has 0 unspecified atom stereocenters. The van der Waals surface area contributed by atoms with E-state index in [4.69, 9.17) is 16.3 Å². The summed E-state index contributed by atoms with van der Waals surface area (Å²) in [4.78, 5) is 24.5. The molecule has 3 aromatic carbocycles. The average Bonchev–Trinajstić information content (AvgIpc) is 2.70. The quantitative estimate of drug-likeness (QED) is 0.241. The minimum atomic E-state index is -0.620. The number of phenols is 1. The highest BCUT2D eigenvalue weighted by molar-refractivity contribution is 9.10. The van der Waals surface area contributed by atoms with Gasteiger partial charge in [0.15, 0.2) is 0 Å². The summed E-state index contributed by atoms with van der Waals surface area (Å²) in [6.07, 6.45) is 1.33. The van der Waals surface area contributed by atoms with Crippen LogP contribution in [0.2, 0.25) is 5.02 Å². The van der Waals surface area contributed by atoms with Crippen molar-refractivity contribution in [2.24, 2.45) is 5.10 Å². The molecule has 3 rings (SSSR count). The molecule has 0 fully saturated rings. The summed E-state index contributed by atoms with van der Waals surface area (Å²) in [5.74, 6) is -1.12. The lowest BCUT2D eigenvalue weighted by molar-refractivity contribution is 0.0734. The number of nitrogens with one attached hydrogen (secondary N) is 1. The molecule has 0 aliphatic rings. The van der Waals surface area contributed by atoms with Crippen molar-refractivity contribution in [3.8, 4) is 11.5 Å². The fraction of sp³-hybridized carbons (Fsp3) is 0. The maximum absolute atomic E-state index is 12.4. The van der Waals surface area contributed by atoms with Gasteiger partial charge in [-0.1, -0.05) is 51.8 Å². The Balaban J connectivity index is 1.77. The lowest BCUT2D eigenvalue weighted by atomic mass is 10.2. The fourth-order valence-corrected chi connectivity index (χ4v) is 2.97. The van der Waals surface area contributed by atoms with E-state index >= 15 is 0 Å². The van der Waals surface area contributed by atoms with E-state index < -0.39 is 11.9 Å². The Hall–Kier alpha value is -3.16. The Bertz CT molecular complexity index is 1100. The molecule has 0 bridgehead atoms. The van der Waals surface area contributed by atoms with Crippen LogP contribution in [0, 0.1) is 0 Å². The molecule has 0 saturated heterocycles. The van der Waals surface area contributed by atoms with Crippen molar-refractivity contribution in [2.45, 2.75) is 0 Å². The first kappa shape index (κ1) is 20.6. The van der Waals surface area contributed by atoms with Gasteiger partial charge in [0, 0.05) is 10.0 Å². The summed E-state index contributed by atoms with van der Waals surface area (Å²) in [5, 5.41) is 13.9. The van der Waals surface area contributed by atoms with Crippen molar-refractivity contribution < 1.29 is 19.4 Å². The highest BCUT2D eigenvalue weighted by Crippen LogP contribution is 2.24. The van der Waals surface area contributed by atoms with Gasteiger partial charge in [-0.2, -0.15) is 5.10 Å². The van der Waals surface area contributed by atoms with E-state index in [1.54, 1.807) is 54.6 Å². The first-order valence-corrected chi connectivity index (χ1v) is 9.50. The summed E-state index contributed by atoms with van der Waals surface area (Å²) in [6.45, 7) is 0. The van der Waals surface area contributed by atoms with Gasteiger partial charge in [-0.3, -0.25) is 4.79 Å². The molecule has 0 aromatic heterocycles. The number of rotatable bonds is 5. The van der Waals surface area contributed by atoms with E-state index in [9.17, 15) is 14.7 Å². The number of ether oxygens (including phenoxy) is 1. The van der Waals surface area contributed by atoms with Crippen molar-refractivity contribution in [1.82, 2.24) is 5.43 Å².